The summed E-state index contributed by atoms with van der Waals surface area (Å²) < 4.78 is 30.0. The zero-order chi connectivity index (χ0) is 18.6. The van der Waals surface area contributed by atoms with E-state index in [1.54, 1.807) is 4.31 Å². The minimum atomic E-state index is -3.39. The Kier molecular flexibility index (Phi) is 6.72. The molecule has 0 bridgehead atoms. The summed E-state index contributed by atoms with van der Waals surface area (Å²) in [4.78, 5) is 2.46. The van der Waals surface area contributed by atoms with Crippen molar-refractivity contribution in [1.82, 2.24) is 13.9 Å². The van der Waals surface area contributed by atoms with Gasteiger partial charge in [0.2, 0.25) is 0 Å². The van der Waals surface area contributed by atoms with Crippen LogP contribution >= 0.6 is 0 Å². The van der Waals surface area contributed by atoms with Crippen molar-refractivity contribution in [2.75, 3.05) is 32.7 Å². The third-order valence-corrected chi connectivity index (χ3v) is 7.50. The number of likely N-dealkylation sites (tertiary alicyclic amines) is 1. The fraction of sp³-hybridized carbons (Fsp3) is 0.700. The predicted octanol–water partition coefficient (Wildman–Crippen LogP) is 3.09. The number of benzene rings is 1. The highest BCUT2D eigenvalue weighted by Crippen LogP contribution is 2.28. The first-order valence-corrected chi connectivity index (χ1v) is 11.5. The maximum atomic E-state index is 12.7. The lowest BCUT2D eigenvalue weighted by molar-refractivity contribution is 0.138. The Labute approximate surface area is 158 Å². The number of rotatable bonds is 6. The molecule has 2 heterocycles. The molecule has 1 aromatic carbocycles. The Balaban J connectivity index is 1.74. The van der Waals surface area contributed by atoms with Gasteiger partial charge >= 0.3 is 0 Å². The Morgan fingerprint density at radius 3 is 2.38 bits per heavy atom. The topological polar surface area (TPSA) is 52.7 Å². The number of aryl methyl sites for hydroxylation is 1. The van der Waals surface area contributed by atoms with Gasteiger partial charge in [-0.1, -0.05) is 37.6 Å². The Morgan fingerprint density at radius 1 is 1.08 bits per heavy atom. The largest absolute Gasteiger partial charge is 0.295 e. The summed E-state index contributed by atoms with van der Waals surface area (Å²) in [6, 6.07) is 8.47. The zero-order valence-electron chi connectivity index (χ0n) is 16.2. The lowest BCUT2D eigenvalue weighted by Crippen LogP contribution is -2.47. The van der Waals surface area contributed by atoms with E-state index in [9.17, 15) is 8.42 Å². The molecule has 0 amide bonds. The number of piperidine rings is 2. The van der Waals surface area contributed by atoms with Crippen molar-refractivity contribution in [2.45, 2.75) is 52.0 Å². The number of hydrogen-bond donors (Lipinski definition) is 1. The van der Waals surface area contributed by atoms with Gasteiger partial charge in [0.1, 0.15) is 0 Å². The summed E-state index contributed by atoms with van der Waals surface area (Å²) in [5.41, 5.74) is 2.47. The maximum Gasteiger partial charge on any atom is 0.279 e. The lowest BCUT2D eigenvalue weighted by Gasteiger charge is -2.38. The zero-order valence-corrected chi connectivity index (χ0v) is 17.0. The highest BCUT2D eigenvalue weighted by Gasteiger charge is 2.29. The smallest absolute Gasteiger partial charge is 0.279 e. The monoisotopic (exact) mass is 379 g/mol. The van der Waals surface area contributed by atoms with E-state index in [2.05, 4.69) is 41.7 Å². The highest BCUT2D eigenvalue weighted by atomic mass is 32.2. The third-order valence-electron chi connectivity index (χ3n) is 5.92. The number of nitrogens with zero attached hydrogens (tertiary/aromatic N) is 2. The van der Waals surface area contributed by atoms with E-state index in [0.29, 0.717) is 19.6 Å². The minimum absolute atomic E-state index is 0.100. The fourth-order valence-corrected chi connectivity index (χ4v) is 5.41. The van der Waals surface area contributed by atoms with Crippen LogP contribution < -0.4 is 4.72 Å². The third kappa shape index (κ3) is 4.85. The van der Waals surface area contributed by atoms with Crippen LogP contribution in [0, 0.1) is 12.8 Å². The molecule has 2 aliphatic heterocycles. The summed E-state index contributed by atoms with van der Waals surface area (Å²) in [5.74, 6) is 0.758. The van der Waals surface area contributed by atoms with Gasteiger partial charge in [-0.05, 0) is 62.7 Å². The quantitative estimate of drug-likeness (QED) is 0.826. The van der Waals surface area contributed by atoms with Crippen LogP contribution in [0.1, 0.15) is 56.2 Å². The fourth-order valence-electron chi connectivity index (χ4n) is 4.12. The van der Waals surface area contributed by atoms with Crippen molar-refractivity contribution in [3.05, 3.63) is 35.4 Å². The molecule has 146 valence electrons. The van der Waals surface area contributed by atoms with E-state index in [-0.39, 0.29) is 6.04 Å². The number of hydrogen-bond acceptors (Lipinski definition) is 3. The summed E-state index contributed by atoms with van der Waals surface area (Å²) in [6.07, 6.45) is 5.42. The Morgan fingerprint density at radius 2 is 1.73 bits per heavy atom. The van der Waals surface area contributed by atoms with Crippen molar-refractivity contribution < 1.29 is 8.42 Å². The molecule has 2 fully saturated rings. The second kappa shape index (κ2) is 8.83. The van der Waals surface area contributed by atoms with Crippen LogP contribution in [0.15, 0.2) is 24.3 Å². The van der Waals surface area contributed by atoms with E-state index >= 15 is 0 Å². The van der Waals surface area contributed by atoms with Gasteiger partial charge in [-0.15, -0.1) is 0 Å². The van der Waals surface area contributed by atoms with Crippen molar-refractivity contribution in [3.63, 3.8) is 0 Å². The molecule has 0 spiro atoms. The Hall–Kier alpha value is -0.950. The second-order valence-electron chi connectivity index (χ2n) is 7.90. The molecular weight excluding hydrogens is 346 g/mol. The maximum absolute atomic E-state index is 12.7. The molecule has 0 aromatic heterocycles. The van der Waals surface area contributed by atoms with E-state index in [1.807, 2.05) is 6.07 Å². The van der Waals surface area contributed by atoms with Crippen molar-refractivity contribution >= 4 is 10.2 Å². The van der Waals surface area contributed by atoms with Crippen LogP contribution in [0.2, 0.25) is 0 Å². The van der Waals surface area contributed by atoms with Crippen molar-refractivity contribution in [3.8, 4) is 0 Å². The summed E-state index contributed by atoms with van der Waals surface area (Å²) in [5, 5.41) is 0. The lowest BCUT2D eigenvalue weighted by atomic mass is 9.94. The van der Waals surface area contributed by atoms with Crippen LogP contribution in [-0.4, -0.2) is 50.3 Å². The molecule has 0 aliphatic carbocycles. The summed E-state index contributed by atoms with van der Waals surface area (Å²) in [6.45, 7) is 8.22. The van der Waals surface area contributed by atoms with Crippen molar-refractivity contribution in [2.24, 2.45) is 5.92 Å². The van der Waals surface area contributed by atoms with Gasteiger partial charge in [-0.2, -0.15) is 12.7 Å². The number of nitrogens with one attached hydrogen (secondary N) is 1. The van der Waals surface area contributed by atoms with Crippen LogP contribution in [0.3, 0.4) is 0 Å². The molecule has 3 rings (SSSR count). The molecule has 1 aromatic rings. The normalized spacial score (nSPS) is 22.4. The highest BCUT2D eigenvalue weighted by molar-refractivity contribution is 7.87. The van der Waals surface area contributed by atoms with Gasteiger partial charge in [0.15, 0.2) is 0 Å². The first kappa shape index (κ1) is 19.8. The second-order valence-corrected chi connectivity index (χ2v) is 9.66. The van der Waals surface area contributed by atoms with E-state index in [0.717, 1.165) is 38.3 Å². The predicted molar refractivity (Wildman–Crippen MR) is 106 cm³/mol. The van der Waals surface area contributed by atoms with Gasteiger partial charge in [-0.25, -0.2) is 4.72 Å². The minimum Gasteiger partial charge on any atom is -0.295 e. The van der Waals surface area contributed by atoms with Crippen LogP contribution in [0.4, 0.5) is 0 Å². The van der Waals surface area contributed by atoms with Gasteiger partial charge in [0.05, 0.1) is 0 Å². The molecule has 1 atom stereocenters. The molecule has 1 N–H and O–H groups in total. The average molecular weight is 380 g/mol. The molecular formula is C20H33N3O2S. The van der Waals surface area contributed by atoms with Gasteiger partial charge in [-0.3, -0.25) is 4.90 Å². The molecule has 0 saturated carbocycles. The summed E-state index contributed by atoms with van der Waals surface area (Å²) >= 11 is 0. The van der Waals surface area contributed by atoms with Gasteiger partial charge in [0, 0.05) is 25.7 Å². The van der Waals surface area contributed by atoms with E-state index < -0.39 is 10.2 Å². The molecule has 26 heavy (non-hydrogen) atoms. The van der Waals surface area contributed by atoms with Crippen LogP contribution in [0.5, 0.6) is 0 Å². The summed E-state index contributed by atoms with van der Waals surface area (Å²) in [7, 11) is -3.39. The molecule has 5 nitrogen and oxygen atoms in total. The standard InChI is InChI=1S/C20H33N3O2S/c1-17-10-14-22(15-11-17)20(19-9-5-4-8-18(19)2)16-21-26(24,25)23-12-6-3-7-13-23/h4-5,8-9,17,20-21H,3,6-7,10-16H2,1-2H3. The first-order chi connectivity index (χ1) is 12.5. The SMILES string of the molecule is Cc1ccccc1C(CNS(=O)(=O)N1CCCCC1)N1CCC(C)CC1. The molecule has 2 saturated heterocycles. The Bertz CT molecular complexity index is 678. The van der Waals surface area contributed by atoms with Gasteiger partial charge < -0.3 is 0 Å². The molecule has 1 unspecified atom stereocenters. The first-order valence-electron chi connectivity index (χ1n) is 10.0. The van der Waals surface area contributed by atoms with E-state index in [1.165, 1.54) is 24.0 Å². The van der Waals surface area contributed by atoms with E-state index in [4.69, 9.17) is 0 Å². The van der Waals surface area contributed by atoms with Crippen molar-refractivity contribution in [1.29, 1.82) is 0 Å². The molecule has 6 heteroatoms. The van der Waals surface area contributed by atoms with Crippen LogP contribution in [0.25, 0.3) is 0 Å². The molecule has 0 radical (unpaired) electrons. The van der Waals surface area contributed by atoms with Gasteiger partial charge in [0.25, 0.3) is 10.2 Å². The van der Waals surface area contributed by atoms with Crippen LogP contribution in [-0.2, 0) is 10.2 Å². The molecule has 2 aliphatic rings. The average Bonchev–Trinajstić information content (AvgIpc) is 2.65.